The lowest BCUT2D eigenvalue weighted by Crippen LogP contribution is -2.02. The zero-order valence-corrected chi connectivity index (χ0v) is 15.6. The van der Waals surface area contributed by atoms with Crippen molar-refractivity contribution in [3.05, 3.63) is 54.9 Å². The van der Waals surface area contributed by atoms with Gasteiger partial charge in [0.15, 0.2) is 11.3 Å². The van der Waals surface area contributed by atoms with Gasteiger partial charge < -0.3 is 5.32 Å². The second-order valence-electron chi connectivity index (χ2n) is 6.65. The van der Waals surface area contributed by atoms with Gasteiger partial charge in [0.25, 0.3) is 0 Å². The van der Waals surface area contributed by atoms with Crippen LogP contribution in [0, 0.1) is 11.3 Å². The number of hydrogen-bond donors (Lipinski definition) is 2. The van der Waals surface area contributed by atoms with Gasteiger partial charge in [-0.1, -0.05) is 18.9 Å². The molecular weight excluding hydrogens is 371 g/mol. The highest BCUT2D eigenvalue weighted by atomic mass is 19.1. The Hall–Kier alpha value is -3.80. The summed E-state index contributed by atoms with van der Waals surface area (Å²) in [5.41, 5.74) is 2.63. The van der Waals surface area contributed by atoms with Gasteiger partial charge in [0.2, 0.25) is 5.95 Å². The molecule has 0 spiro atoms. The van der Waals surface area contributed by atoms with Crippen molar-refractivity contribution in [2.75, 3.05) is 5.32 Å². The number of halogens is 1. The molecule has 0 amide bonds. The Bertz CT molecular complexity index is 1110. The van der Waals surface area contributed by atoms with Gasteiger partial charge in [-0.3, -0.25) is 14.5 Å². The Kier molecular flexibility index (Phi) is 5.42. The van der Waals surface area contributed by atoms with Crippen molar-refractivity contribution in [2.45, 2.75) is 31.9 Å². The summed E-state index contributed by atoms with van der Waals surface area (Å²) in [6.45, 7) is 0. The molecule has 0 bridgehead atoms. The fraction of sp³-hybridized carbons (Fsp3) is 0.250. The first-order chi connectivity index (χ1) is 14.2. The van der Waals surface area contributed by atoms with Crippen molar-refractivity contribution in [2.24, 2.45) is 0 Å². The molecule has 146 valence electrons. The number of hydrogen-bond acceptors (Lipinski definition) is 6. The van der Waals surface area contributed by atoms with E-state index in [-0.39, 0.29) is 0 Å². The minimum atomic E-state index is -0.454. The van der Waals surface area contributed by atoms with Crippen molar-refractivity contribution in [3.63, 3.8) is 0 Å². The Morgan fingerprint density at radius 3 is 2.69 bits per heavy atom. The number of nitrogens with one attached hydrogen (secondary N) is 2. The Morgan fingerprint density at radius 1 is 1.21 bits per heavy atom. The lowest BCUT2D eigenvalue weighted by Gasteiger charge is -2.08. The maximum absolute atomic E-state index is 11.9. The number of aromatic nitrogens is 6. The van der Waals surface area contributed by atoms with E-state index < -0.39 is 6.17 Å². The average Bonchev–Trinajstić information content (AvgIpc) is 3.51. The fourth-order valence-corrected chi connectivity index (χ4v) is 3.17. The van der Waals surface area contributed by atoms with Crippen molar-refractivity contribution < 1.29 is 4.39 Å². The average molecular weight is 390 g/mol. The van der Waals surface area contributed by atoms with Crippen LogP contribution in [0.15, 0.2) is 49.2 Å². The topological polar surface area (TPSA) is 108 Å². The number of alkyl halides is 1. The monoisotopic (exact) mass is 390 g/mol. The van der Waals surface area contributed by atoms with Crippen LogP contribution in [0.1, 0.15) is 31.4 Å². The smallest absolute Gasteiger partial charge is 0.214 e. The molecule has 5 rings (SSSR count). The van der Waals surface area contributed by atoms with Gasteiger partial charge in [-0.05, 0) is 18.9 Å². The number of fused-ring (bicyclic) bond motifs is 1. The summed E-state index contributed by atoms with van der Waals surface area (Å²) >= 11 is 0. The van der Waals surface area contributed by atoms with Gasteiger partial charge in [-0.25, -0.2) is 14.4 Å². The van der Waals surface area contributed by atoms with Gasteiger partial charge in [0.05, 0.1) is 12.4 Å². The summed E-state index contributed by atoms with van der Waals surface area (Å²) in [4.78, 5) is 12.9. The molecule has 8 nitrogen and oxygen atoms in total. The van der Waals surface area contributed by atoms with E-state index in [1.165, 1.54) is 0 Å². The number of nitriles is 1. The second-order valence-corrected chi connectivity index (χ2v) is 6.65. The lowest BCUT2D eigenvalue weighted by atomic mass is 10.1. The molecule has 0 radical (unpaired) electrons. The predicted molar refractivity (Wildman–Crippen MR) is 106 cm³/mol. The zero-order valence-electron chi connectivity index (χ0n) is 15.6. The third-order valence-electron chi connectivity index (χ3n) is 4.61. The summed E-state index contributed by atoms with van der Waals surface area (Å²) in [5.74, 6) is 1.23. The van der Waals surface area contributed by atoms with Crippen LogP contribution < -0.4 is 5.32 Å². The van der Waals surface area contributed by atoms with E-state index in [1.807, 2.05) is 12.1 Å². The molecule has 0 aliphatic heterocycles. The van der Waals surface area contributed by atoms with Gasteiger partial charge in [-0.2, -0.15) is 10.4 Å². The van der Waals surface area contributed by atoms with Crippen LogP contribution >= 0.6 is 0 Å². The van der Waals surface area contributed by atoms with E-state index in [0.717, 1.165) is 36.8 Å². The van der Waals surface area contributed by atoms with Crippen LogP contribution in [0.5, 0.6) is 0 Å². The summed E-state index contributed by atoms with van der Waals surface area (Å²) in [6, 6.07) is 7.61. The van der Waals surface area contributed by atoms with Crippen molar-refractivity contribution in [1.29, 1.82) is 5.26 Å². The number of rotatable bonds is 3. The van der Waals surface area contributed by atoms with E-state index in [1.54, 1.807) is 41.5 Å². The number of nitrogens with zero attached hydrogens (tertiary/aromatic N) is 6. The molecule has 4 aromatic heterocycles. The van der Waals surface area contributed by atoms with Crippen molar-refractivity contribution in [3.8, 4) is 17.2 Å². The van der Waals surface area contributed by atoms with E-state index in [4.69, 9.17) is 5.26 Å². The lowest BCUT2D eigenvalue weighted by molar-refractivity contribution is 0.343. The van der Waals surface area contributed by atoms with E-state index in [2.05, 4.69) is 36.5 Å². The first-order valence-electron chi connectivity index (χ1n) is 9.33. The molecular formula is C20H19FN8. The molecule has 1 saturated carbocycles. The van der Waals surface area contributed by atoms with Crippen molar-refractivity contribution in [1.82, 2.24) is 29.5 Å². The van der Waals surface area contributed by atoms with Crippen LogP contribution in [-0.2, 0) is 0 Å². The molecule has 1 aliphatic carbocycles. The summed E-state index contributed by atoms with van der Waals surface area (Å²) in [6.07, 6.45) is 11.8. The Labute approximate surface area is 166 Å². The third-order valence-corrected chi connectivity index (χ3v) is 4.61. The number of aromatic amines is 1. The largest absolute Gasteiger partial charge is 0.310 e. The van der Waals surface area contributed by atoms with E-state index in [0.29, 0.717) is 23.1 Å². The number of anilines is 2. The summed E-state index contributed by atoms with van der Waals surface area (Å²) < 4.78 is 13.7. The van der Waals surface area contributed by atoms with Crippen LogP contribution in [0.3, 0.4) is 0 Å². The van der Waals surface area contributed by atoms with Crippen molar-refractivity contribution >= 4 is 17.4 Å². The summed E-state index contributed by atoms with van der Waals surface area (Å²) in [5, 5.41) is 19.0. The molecule has 0 atom stereocenters. The molecule has 1 fully saturated rings. The van der Waals surface area contributed by atoms with Crippen LogP contribution in [-0.4, -0.2) is 35.7 Å². The molecule has 0 unspecified atom stereocenters. The highest BCUT2D eigenvalue weighted by Gasteiger charge is 2.13. The fourth-order valence-electron chi connectivity index (χ4n) is 3.17. The normalized spacial score (nSPS) is 13.7. The number of imidazole rings is 1. The second kappa shape index (κ2) is 8.48. The molecule has 1 aliphatic rings. The third kappa shape index (κ3) is 4.21. The molecule has 9 heteroatoms. The van der Waals surface area contributed by atoms with Crippen LogP contribution in [0.2, 0.25) is 0 Å². The van der Waals surface area contributed by atoms with E-state index in [9.17, 15) is 4.39 Å². The highest BCUT2D eigenvalue weighted by Crippen LogP contribution is 2.26. The quantitative estimate of drug-likeness (QED) is 0.547. The predicted octanol–water partition coefficient (Wildman–Crippen LogP) is 4.03. The van der Waals surface area contributed by atoms with Gasteiger partial charge in [-0.15, -0.1) is 0 Å². The molecule has 0 saturated heterocycles. The molecule has 4 aromatic rings. The van der Waals surface area contributed by atoms with Crippen LogP contribution in [0.4, 0.5) is 16.2 Å². The minimum absolute atomic E-state index is 0.316. The maximum Gasteiger partial charge on any atom is 0.214 e. The standard InChI is InChI=1S/C15H10N8.C5H9F/c16-6-11-9-23-14(20-11)12(10-2-1-4-17-7-10)8-18-15(23)21-13-3-5-19-22-13;6-5-3-1-2-4-5/h1-5,7-9H,(H2,18,19,21,22);5H,1-4H2. The zero-order chi connectivity index (χ0) is 20.1. The highest BCUT2D eigenvalue weighted by molar-refractivity contribution is 5.78. The van der Waals surface area contributed by atoms with Gasteiger partial charge in [0, 0.05) is 35.8 Å². The molecule has 2 N–H and O–H groups in total. The SMILES string of the molecule is FC1CCCC1.N#Cc1cn2c(Nc3ccn[nH]3)ncc(-c3cccnc3)c2n1. The van der Waals surface area contributed by atoms with Crippen LogP contribution in [0.25, 0.3) is 16.8 Å². The Balaban J connectivity index is 0.000000294. The number of pyridine rings is 1. The molecule has 29 heavy (non-hydrogen) atoms. The Morgan fingerprint density at radius 2 is 2.07 bits per heavy atom. The first kappa shape index (κ1) is 18.6. The van der Waals surface area contributed by atoms with E-state index >= 15 is 0 Å². The number of H-pyrrole nitrogens is 1. The minimum Gasteiger partial charge on any atom is -0.310 e. The molecule has 0 aromatic carbocycles. The summed E-state index contributed by atoms with van der Waals surface area (Å²) in [7, 11) is 0. The van der Waals surface area contributed by atoms with Gasteiger partial charge >= 0.3 is 0 Å². The molecule has 4 heterocycles. The van der Waals surface area contributed by atoms with Gasteiger partial charge in [0.1, 0.15) is 18.1 Å². The maximum atomic E-state index is 11.9. The first-order valence-corrected chi connectivity index (χ1v) is 9.33.